The third-order valence-electron chi connectivity index (χ3n) is 2.13. The first-order valence-corrected chi connectivity index (χ1v) is 5.20. The molecule has 0 fully saturated rings. The van der Waals surface area contributed by atoms with Crippen molar-refractivity contribution in [3.05, 3.63) is 47.6 Å². The lowest BCUT2D eigenvalue weighted by atomic mass is 10.2. The smallest absolute Gasteiger partial charge is 0.142 e. The van der Waals surface area contributed by atoms with Crippen molar-refractivity contribution in [1.29, 1.82) is 0 Å². The lowest BCUT2D eigenvalue weighted by Gasteiger charge is -2.04. The van der Waals surface area contributed by atoms with Crippen LogP contribution >= 0.6 is 0 Å². The van der Waals surface area contributed by atoms with Crippen molar-refractivity contribution < 1.29 is 18.8 Å². The highest BCUT2D eigenvalue weighted by molar-refractivity contribution is 5.39. The van der Waals surface area contributed by atoms with E-state index in [4.69, 9.17) is 9.84 Å². The number of ether oxygens (including phenoxy) is 1. The zero-order chi connectivity index (χ0) is 12.8. The van der Waals surface area contributed by atoms with E-state index >= 15 is 0 Å². The summed E-state index contributed by atoms with van der Waals surface area (Å²) >= 11 is 0. The second-order valence-corrected chi connectivity index (χ2v) is 3.42. The Hall–Kier alpha value is -2.32. The summed E-state index contributed by atoms with van der Waals surface area (Å²) in [6.45, 7) is -0.0458. The average Bonchev–Trinajstić information content (AvgIpc) is 2.88. The van der Waals surface area contributed by atoms with Crippen LogP contribution in [0.3, 0.4) is 0 Å². The van der Waals surface area contributed by atoms with Gasteiger partial charge in [0, 0.05) is 11.6 Å². The molecule has 5 heteroatoms. The number of hydrogen-bond acceptors (Lipinski definition) is 4. The van der Waals surface area contributed by atoms with E-state index in [1.165, 1.54) is 24.6 Å². The Kier molecular flexibility index (Phi) is 3.94. The molecule has 0 atom stereocenters. The van der Waals surface area contributed by atoms with Crippen LogP contribution < -0.4 is 4.74 Å². The first-order valence-electron chi connectivity index (χ1n) is 5.20. The van der Waals surface area contributed by atoms with Gasteiger partial charge in [-0.3, -0.25) is 0 Å². The monoisotopic (exact) mass is 247 g/mol. The molecule has 0 bridgehead atoms. The molecule has 1 N–H and O–H groups in total. The van der Waals surface area contributed by atoms with Gasteiger partial charge in [-0.1, -0.05) is 17.0 Å². The zero-order valence-corrected chi connectivity index (χ0v) is 9.39. The lowest BCUT2D eigenvalue weighted by molar-refractivity contribution is 0.302. The van der Waals surface area contributed by atoms with Crippen LogP contribution in [0.1, 0.15) is 11.1 Å². The minimum atomic E-state index is -0.487. The molecule has 0 aliphatic carbocycles. The van der Waals surface area contributed by atoms with Crippen molar-refractivity contribution in [1.82, 2.24) is 5.16 Å². The van der Waals surface area contributed by atoms with Crippen LogP contribution in [0.15, 0.2) is 35.2 Å². The summed E-state index contributed by atoms with van der Waals surface area (Å²) in [6, 6.07) is 4.35. The van der Waals surface area contributed by atoms with Gasteiger partial charge in [0.05, 0.1) is 11.8 Å². The van der Waals surface area contributed by atoms with Gasteiger partial charge >= 0.3 is 0 Å². The van der Waals surface area contributed by atoms with E-state index in [2.05, 4.69) is 21.5 Å². The fourth-order valence-electron chi connectivity index (χ4n) is 1.29. The summed E-state index contributed by atoms with van der Waals surface area (Å²) in [6.07, 6.45) is 2.98. The van der Waals surface area contributed by atoms with Gasteiger partial charge in [0.25, 0.3) is 0 Å². The molecule has 0 unspecified atom stereocenters. The second-order valence-electron chi connectivity index (χ2n) is 3.42. The molecule has 0 spiro atoms. The minimum absolute atomic E-state index is 0.223. The maximum atomic E-state index is 13.5. The van der Waals surface area contributed by atoms with Crippen LogP contribution in [0.4, 0.5) is 4.39 Å². The van der Waals surface area contributed by atoms with Gasteiger partial charge in [-0.15, -0.1) is 0 Å². The summed E-state index contributed by atoms with van der Waals surface area (Å²) in [5.41, 5.74) is 0.987. The van der Waals surface area contributed by atoms with E-state index in [-0.39, 0.29) is 18.8 Å². The maximum Gasteiger partial charge on any atom is 0.142 e. The number of aromatic nitrogens is 1. The number of rotatable bonds is 3. The number of halogens is 1. The summed E-state index contributed by atoms with van der Waals surface area (Å²) in [4.78, 5) is 0. The molecule has 2 aromatic rings. The number of aliphatic hydroxyl groups excluding tert-OH is 1. The maximum absolute atomic E-state index is 13.5. The predicted octanol–water partition coefficient (Wildman–Crippen LogP) is 1.74. The number of benzene rings is 1. The largest absolute Gasteiger partial charge is 0.489 e. The van der Waals surface area contributed by atoms with Gasteiger partial charge in [-0.25, -0.2) is 4.39 Å². The number of aliphatic hydroxyl groups is 1. The normalized spacial score (nSPS) is 9.67. The molecule has 0 saturated heterocycles. The topological polar surface area (TPSA) is 55.5 Å². The van der Waals surface area contributed by atoms with E-state index in [0.29, 0.717) is 5.75 Å². The summed E-state index contributed by atoms with van der Waals surface area (Å²) < 4.78 is 23.5. The van der Waals surface area contributed by atoms with Crippen LogP contribution in [-0.4, -0.2) is 16.9 Å². The Bertz CT molecular complexity index is 570. The van der Waals surface area contributed by atoms with Crippen LogP contribution in [-0.2, 0) is 6.61 Å². The molecule has 0 aliphatic rings. The first kappa shape index (κ1) is 12.1. The van der Waals surface area contributed by atoms with E-state index in [9.17, 15) is 4.39 Å². The minimum Gasteiger partial charge on any atom is -0.489 e. The Labute approximate surface area is 103 Å². The molecule has 0 radical (unpaired) electrons. The molecule has 0 aliphatic heterocycles. The van der Waals surface area contributed by atoms with Crippen molar-refractivity contribution in [2.45, 2.75) is 6.61 Å². The average molecular weight is 247 g/mol. The molecule has 18 heavy (non-hydrogen) atoms. The molecule has 0 saturated carbocycles. The number of nitrogens with zero attached hydrogens (tertiary/aromatic N) is 1. The molecule has 4 nitrogen and oxygen atoms in total. The van der Waals surface area contributed by atoms with E-state index in [1.54, 1.807) is 6.07 Å². The zero-order valence-electron chi connectivity index (χ0n) is 9.39. The standard InChI is InChI=1S/C13H10FNO3/c14-13-6-12(4-3-11(13)2-1-5-16)17-8-10-7-15-18-9-10/h3-4,6-7,9,16H,5,8H2. The molecular weight excluding hydrogens is 237 g/mol. The second kappa shape index (κ2) is 5.84. The molecule has 1 heterocycles. The van der Waals surface area contributed by atoms with Crippen molar-refractivity contribution in [3.8, 4) is 17.6 Å². The quantitative estimate of drug-likeness (QED) is 0.839. The van der Waals surface area contributed by atoms with Crippen molar-refractivity contribution in [2.75, 3.05) is 6.61 Å². The lowest BCUT2D eigenvalue weighted by Crippen LogP contribution is -1.95. The van der Waals surface area contributed by atoms with Crippen LogP contribution in [0.2, 0.25) is 0 Å². The molecule has 2 rings (SSSR count). The van der Waals surface area contributed by atoms with Crippen molar-refractivity contribution >= 4 is 0 Å². The van der Waals surface area contributed by atoms with Crippen molar-refractivity contribution in [3.63, 3.8) is 0 Å². The molecule has 1 aromatic carbocycles. The van der Waals surface area contributed by atoms with Gasteiger partial charge in [0.1, 0.15) is 31.0 Å². The fraction of sp³-hybridized carbons (Fsp3) is 0.154. The van der Waals surface area contributed by atoms with Gasteiger partial charge in [-0.2, -0.15) is 0 Å². The number of hydrogen-bond donors (Lipinski definition) is 1. The third-order valence-corrected chi connectivity index (χ3v) is 2.13. The predicted molar refractivity (Wildman–Crippen MR) is 61.2 cm³/mol. The van der Waals surface area contributed by atoms with E-state index in [1.807, 2.05) is 0 Å². The van der Waals surface area contributed by atoms with Crippen LogP contribution in [0.25, 0.3) is 0 Å². The SMILES string of the molecule is OCC#Cc1ccc(OCc2cnoc2)cc1F. The van der Waals surface area contributed by atoms with Crippen molar-refractivity contribution in [2.24, 2.45) is 0 Å². The van der Waals surface area contributed by atoms with Gasteiger partial charge in [0.2, 0.25) is 0 Å². The van der Waals surface area contributed by atoms with Gasteiger partial charge in [-0.05, 0) is 12.1 Å². The van der Waals surface area contributed by atoms with E-state index in [0.717, 1.165) is 5.56 Å². The summed E-state index contributed by atoms with van der Waals surface area (Å²) in [7, 11) is 0. The summed E-state index contributed by atoms with van der Waals surface area (Å²) in [5.74, 6) is 4.79. The van der Waals surface area contributed by atoms with Crippen LogP contribution in [0.5, 0.6) is 5.75 Å². The Morgan fingerprint density at radius 1 is 1.44 bits per heavy atom. The van der Waals surface area contributed by atoms with Gasteiger partial charge < -0.3 is 14.4 Å². The highest BCUT2D eigenvalue weighted by Crippen LogP contribution is 2.17. The molecule has 0 amide bonds. The Balaban J connectivity index is 2.04. The van der Waals surface area contributed by atoms with Crippen LogP contribution in [0, 0.1) is 17.7 Å². The molecule has 1 aromatic heterocycles. The molecular formula is C13H10FNO3. The highest BCUT2D eigenvalue weighted by atomic mass is 19.1. The highest BCUT2D eigenvalue weighted by Gasteiger charge is 2.03. The third kappa shape index (κ3) is 3.09. The Morgan fingerprint density at radius 2 is 2.33 bits per heavy atom. The van der Waals surface area contributed by atoms with E-state index < -0.39 is 5.82 Å². The van der Waals surface area contributed by atoms with Gasteiger partial charge in [0.15, 0.2) is 0 Å². The summed E-state index contributed by atoms with van der Waals surface area (Å²) in [5, 5.41) is 12.1. The Morgan fingerprint density at radius 3 is 3.00 bits per heavy atom. The molecule has 92 valence electrons. The fourth-order valence-corrected chi connectivity index (χ4v) is 1.29. The first-order chi connectivity index (χ1) is 8.79.